The Hall–Kier alpha value is -2.42. The largest absolute Gasteiger partial charge is 0.376 e. The second-order valence-corrected chi connectivity index (χ2v) is 5.11. The summed E-state index contributed by atoms with van der Waals surface area (Å²) in [6, 6.07) is -0.281. The maximum absolute atomic E-state index is 11.7. The minimum absolute atomic E-state index is 0.117. The first-order chi connectivity index (χ1) is 10.7. The second-order valence-electron chi connectivity index (χ2n) is 5.11. The summed E-state index contributed by atoms with van der Waals surface area (Å²) in [5, 5.41) is 13.3. The predicted molar refractivity (Wildman–Crippen MR) is 75.7 cm³/mol. The van der Waals surface area contributed by atoms with Gasteiger partial charge < -0.3 is 19.9 Å². The number of carbonyl (C=O) groups is 1. The van der Waals surface area contributed by atoms with Gasteiger partial charge >= 0.3 is 6.03 Å². The molecular formula is C13H18N6O3. The number of aryl methyl sites for hydroxylation is 1. The van der Waals surface area contributed by atoms with Crippen molar-refractivity contribution < 1.29 is 14.1 Å². The van der Waals surface area contributed by atoms with Crippen molar-refractivity contribution in [1.82, 2.24) is 30.6 Å². The number of amides is 2. The van der Waals surface area contributed by atoms with Crippen LogP contribution >= 0.6 is 0 Å². The Morgan fingerprint density at radius 1 is 1.50 bits per heavy atom. The van der Waals surface area contributed by atoms with Crippen LogP contribution in [0.1, 0.15) is 18.7 Å². The highest BCUT2D eigenvalue weighted by Crippen LogP contribution is 2.14. The maximum Gasteiger partial charge on any atom is 0.315 e. The van der Waals surface area contributed by atoms with Crippen LogP contribution in [-0.4, -0.2) is 45.2 Å². The lowest BCUT2D eigenvalue weighted by Crippen LogP contribution is -2.39. The van der Waals surface area contributed by atoms with E-state index in [9.17, 15) is 4.79 Å². The fourth-order valence-corrected chi connectivity index (χ4v) is 2.21. The number of carbonyl (C=O) groups excluding carboxylic acids is 1. The number of aromatic nitrogens is 4. The van der Waals surface area contributed by atoms with Gasteiger partial charge in [0.2, 0.25) is 11.7 Å². The van der Waals surface area contributed by atoms with Crippen molar-refractivity contribution in [2.75, 3.05) is 13.2 Å². The van der Waals surface area contributed by atoms with Crippen molar-refractivity contribution in [3.8, 4) is 11.4 Å². The van der Waals surface area contributed by atoms with Crippen LogP contribution in [0.5, 0.6) is 0 Å². The van der Waals surface area contributed by atoms with E-state index < -0.39 is 0 Å². The van der Waals surface area contributed by atoms with Gasteiger partial charge in [-0.05, 0) is 12.8 Å². The number of nitrogens with zero attached hydrogens (tertiary/aromatic N) is 4. The highest BCUT2D eigenvalue weighted by atomic mass is 16.5. The van der Waals surface area contributed by atoms with Crippen molar-refractivity contribution in [2.45, 2.75) is 25.5 Å². The minimum atomic E-state index is -0.281. The van der Waals surface area contributed by atoms with Crippen LogP contribution in [0.3, 0.4) is 0 Å². The van der Waals surface area contributed by atoms with Crippen LogP contribution in [0, 0.1) is 0 Å². The summed E-state index contributed by atoms with van der Waals surface area (Å²) in [5.41, 5.74) is 0.764. The number of rotatable bonds is 5. The maximum atomic E-state index is 11.7. The van der Waals surface area contributed by atoms with E-state index >= 15 is 0 Å². The minimum Gasteiger partial charge on any atom is -0.376 e. The van der Waals surface area contributed by atoms with Crippen molar-refractivity contribution in [3.63, 3.8) is 0 Å². The molecule has 3 rings (SSSR count). The molecule has 9 nitrogen and oxygen atoms in total. The van der Waals surface area contributed by atoms with Gasteiger partial charge in [-0.1, -0.05) is 5.16 Å². The molecule has 0 aromatic carbocycles. The van der Waals surface area contributed by atoms with Gasteiger partial charge in [-0.15, -0.1) is 0 Å². The van der Waals surface area contributed by atoms with E-state index in [2.05, 4.69) is 25.9 Å². The Kier molecular flexibility index (Phi) is 4.33. The molecule has 0 saturated carbocycles. The van der Waals surface area contributed by atoms with Crippen LogP contribution < -0.4 is 10.6 Å². The summed E-state index contributed by atoms with van der Waals surface area (Å²) in [6.45, 7) is 1.45. The molecule has 2 N–H and O–H groups in total. The third kappa shape index (κ3) is 3.61. The molecular weight excluding hydrogens is 288 g/mol. The first-order valence-electron chi connectivity index (χ1n) is 7.15. The first kappa shape index (κ1) is 14.5. The molecule has 1 aliphatic heterocycles. The molecule has 0 spiro atoms. The topological polar surface area (TPSA) is 107 Å². The van der Waals surface area contributed by atoms with E-state index in [1.165, 1.54) is 0 Å². The van der Waals surface area contributed by atoms with Crippen LogP contribution in [0.2, 0.25) is 0 Å². The summed E-state index contributed by atoms with van der Waals surface area (Å²) in [6.07, 6.45) is 5.59. The summed E-state index contributed by atoms with van der Waals surface area (Å²) in [4.78, 5) is 15.9. The van der Waals surface area contributed by atoms with Crippen molar-refractivity contribution in [1.29, 1.82) is 0 Å². The molecule has 0 bridgehead atoms. The molecule has 2 amide bonds. The van der Waals surface area contributed by atoms with Gasteiger partial charge in [0.25, 0.3) is 0 Å². The monoisotopic (exact) mass is 306 g/mol. The van der Waals surface area contributed by atoms with E-state index in [1.807, 2.05) is 7.05 Å². The standard InChI is InChI=1S/C13H18N6O3/c1-19-8-9(5-16-19)12-17-11(22-18-12)7-15-13(20)14-6-10-3-2-4-21-10/h5,8,10H,2-4,6-7H2,1H3,(H2,14,15,20)/t10-/m0/s1. The van der Waals surface area contributed by atoms with Crippen LogP contribution in [0.25, 0.3) is 11.4 Å². The molecule has 1 saturated heterocycles. The van der Waals surface area contributed by atoms with Crippen molar-refractivity contribution >= 4 is 6.03 Å². The number of urea groups is 1. The number of hydrogen-bond donors (Lipinski definition) is 2. The fraction of sp³-hybridized carbons (Fsp3) is 0.538. The number of hydrogen-bond acceptors (Lipinski definition) is 6. The van der Waals surface area contributed by atoms with Gasteiger partial charge in [0.05, 0.1) is 24.4 Å². The normalized spacial score (nSPS) is 17.6. The molecule has 0 radical (unpaired) electrons. The molecule has 2 aromatic rings. The zero-order chi connectivity index (χ0) is 15.4. The lowest BCUT2D eigenvalue weighted by Gasteiger charge is -2.10. The van der Waals surface area contributed by atoms with Gasteiger partial charge in [-0.25, -0.2) is 4.79 Å². The molecule has 22 heavy (non-hydrogen) atoms. The van der Waals surface area contributed by atoms with Gasteiger partial charge in [0, 0.05) is 26.4 Å². The van der Waals surface area contributed by atoms with Crippen LogP contribution in [-0.2, 0) is 18.3 Å². The average molecular weight is 306 g/mol. The third-order valence-corrected chi connectivity index (χ3v) is 3.35. The van der Waals surface area contributed by atoms with Gasteiger partial charge in [-0.2, -0.15) is 10.1 Å². The summed E-state index contributed by atoms with van der Waals surface area (Å²) in [7, 11) is 1.81. The van der Waals surface area contributed by atoms with Crippen molar-refractivity contribution in [2.24, 2.45) is 7.05 Å². The summed E-state index contributed by atoms with van der Waals surface area (Å²) in [5.74, 6) is 0.788. The smallest absolute Gasteiger partial charge is 0.315 e. The summed E-state index contributed by atoms with van der Waals surface area (Å²) >= 11 is 0. The Morgan fingerprint density at radius 2 is 2.41 bits per heavy atom. The fourth-order valence-electron chi connectivity index (χ4n) is 2.21. The number of nitrogens with one attached hydrogen (secondary N) is 2. The molecule has 9 heteroatoms. The molecule has 1 aliphatic rings. The van der Waals surface area contributed by atoms with Crippen molar-refractivity contribution in [3.05, 3.63) is 18.3 Å². The first-order valence-corrected chi connectivity index (χ1v) is 7.15. The van der Waals surface area contributed by atoms with E-state index in [-0.39, 0.29) is 18.7 Å². The molecule has 0 aliphatic carbocycles. The highest BCUT2D eigenvalue weighted by Gasteiger charge is 2.16. The lowest BCUT2D eigenvalue weighted by atomic mass is 10.2. The molecule has 1 atom stereocenters. The Morgan fingerprint density at radius 3 is 3.14 bits per heavy atom. The Labute approximate surface area is 127 Å². The highest BCUT2D eigenvalue weighted by molar-refractivity contribution is 5.73. The van der Waals surface area contributed by atoms with E-state index in [1.54, 1.807) is 17.1 Å². The van der Waals surface area contributed by atoms with E-state index in [0.717, 1.165) is 25.0 Å². The average Bonchev–Trinajstić information content (AvgIpc) is 3.24. The Balaban J connectivity index is 1.45. The van der Waals surface area contributed by atoms with Crippen LogP contribution in [0.15, 0.2) is 16.9 Å². The van der Waals surface area contributed by atoms with E-state index in [4.69, 9.17) is 9.26 Å². The van der Waals surface area contributed by atoms with Gasteiger partial charge in [0.15, 0.2) is 0 Å². The van der Waals surface area contributed by atoms with E-state index in [0.29, 0.717) is 18.3 Å². The third-order valence-electron chi connectivity index (χ3n) is 3.35. The van der Waals surface area contributed by atoms with Gasteiger partial charge in [0.1, 0.15) is 0 Å². The molecule has 0 unspecified atom stereocenters. The molecule has 2 aromatic heterocycles. The zero-order valence-electron chi connectivity index (χ0n) is 12.3. The molecule has 1 fully saturated rings. The zero-order valence-corrected chi connectivity index (χ0v) is 12.3. The Bertz CT molecular complexity index is 631. The van der Waals surface area contributed by atoms with Gasteiger partial charge in [-0.3, -0.25) is 4.68 Å². The quantitative estimate of drug-likeness (QED) is 0.830. The predicted octanol–water partition coefficient (Wildman–Crippen LogP) is 0.448. The lowest BCUT2D eigenvalue weighted by molar-refractivity contribution is 0.111. The second kappa shape index (κ2) is 6.56. The SMILES string of the molecule is Cn1cc(-c2noc(CNC(=O)NC[C@@H]3CCCO3)n2)cn1. The summed E-state index contributed by atoms with van der Waals surface area (Å²) < 4.78 is 12.2. The number of ether oxygens (including phenoxy) is 1. The molecule has 3 heterocycles. The van der Waals surface area contributed by atoms with Crippen LogP contribution in [0.4, 0.5) is 4.79 Å². The molecule has 118 valence electrons.